The maximum atomic E-state index is 14.5. The number of aliphatic hydroxyl groups is 1. The highest BCUT2D eigenvalue weighted by Crippen LogP contribution is 2.38. The Morgan fingerprint density at radius 3 is 1.90 bits per heavy atom. The maximum Gasteiger partial charge on any atom is 0.239 e. The number of aliphatic hydroxyl groups excluding tert-OH is 1. The second-order valence-electron chi connectivity index (χ2n) is 17.1. The van der Waals surface area contributed by atoms with Gasteiger partial charge in [-0.3, -0.25) is 14.8 Å². The zero-order valence-corrected chi connectivity index (χ0v) is 37.4. The number of ether oxygens (including phenoxy) is 1. The lowest BCUT2D eigenvalue weighted by molar-refractivity contribution is 0.0396. The summed E-state index contributed by atoms with van der Waals surface area (Å²) in [7, 11) is -5.66. The Hall–Kier alpha value is -2.58. The molecule has 3 aliphatic rings. The molecule has 10 nitrogen and oxygen atoms in total. The molecule has 0 spiro atoms. The number of likely N-dealkylation sites (tertiary alicyclic amines) is 1. The van der Waals surface area contributed by atoms with Gasteiger partial charge in [0.1, 0.15) is 10.6 Å². The number of piperazine rings is 1. The molecule has 0 amide bonds. The minimum absolute atomic E-state index is 0.225. The molecule has 3 aliphatic heterocycles. The first-order valence-electron chi connectivity index (χ1n) is 22.8. The molecule has 0 saturated carbocycles. The SMILES string of the molecule is CCCCCCCCCCCCCCOc1ccc(S(=O)(=O)c2cnc3ccc([Si](C)O)cc3c2N2CCC(N3CCC(N4CCN(CCO)CC4)CC3)CC2)cc1. The molecular weight excluding hydrogens is 763 g/mol. The smallest absolute Gasteiger partial charge is 0.239 e. The van der Waals surface area contributed by atoms with Crippen LogP contribution in [0.15, 0.2) is 58.5 Å². The number of fused-ring (bicyclic) bond motifs is 1. The molecule has 3 aromatic rings. The molecule has 2 aromatic carbocycles. The van der Waals surface area contributed by atoms with Gasteiger partial charge in [0, 0.05) is 69.5 Å². The first-order chi connectivity index (χ1) is 28.3. The molecule has 0 bridgehead atoms. The highest BCUT2D eigenvalue weighted by molar-refractivity contribution is 7.91. The summed E-state index contributed by atoms with van der Waals surface area (Å²) in [6, 6.07) is 13.8. The molecule has 4 heterocycles. The number of aromatic nitrogens is 1. The van der Waals surface area contributed by atoms with Gasteiger partial charge in [0.05, 0.1) is 29.3 Å². The average molecular weight is 835 g/mol. The zero-order chi connectivity index (χ0) is 40.7. The van der Waals surface area contributed by atoms with Crippen molar-refractivity contribution in [3.63, 3.8) is 0 Å². The van der Waals surface area contributed by atoms with E-state index in [-0.39, 0.29) is 16.4 Å². The Kier molecular flexibility index (Phi) is 17.7. The van der Waals surface area contributed by atoms with Crippen LogP contribution in [-0.4, -0.2) is 131 Å². The van der Waals surface area contributed by atoms with Crippen molar-refractivity contribution in [2.75, 3.05) is 77.0 Å². The summed E-state index contributed by atoms with van der Waals surface area (Å²) in [6.45, 7) is 13.7. The molecule has 1 radical (unpaired) electrons. The average Bonchev–Trinajstić information content (AvgIpc) is 3.25. The van der Waals surface area contributed by atoms with E-state index in [2.05, 4.69) is 31.5 Å². The summed E-state index contributed by atoms with van der Waals surface area (Å²) in [5, 5.41) is 11.0. The zero-order valence-electron chi connectivity index (χ0n) is 35.6. The van der Waals surface area contributed by atoms with Gasteiger partial charge in [-0.25, -0.2) is 8.42 Å². The molecule has 58 heavy (non-hydrogen) atoms. The molecule has 3 saturated heterocycles. The topological polar surface area (TPSA) is 110 Å². The van der Waals surface area contributed by atoms with Crippen LogP contribution in [0.3, 0.4) is 0 Å². The van der Waals surface area contributed by atoms with Gasteiger partial charge in [0.2, 0.25) is 18.9 Å². The van der Waals surface area contributed by atoms with Crippen LogP contribution < -0.4 is 14.8 Å². The minimum Gasteiger partial charge on any atom is -0.494 e. The fourth-order valence-corrected chi connectivity index (χ4v) is 11.6. The van der Waals surface area contributed by atoms with Crippen molar-refractivity contribution in [2.45, 2.75) is 138 Å². The Balaban J connectivity index is 1.04. The van der Waals surface area contributed by atoms with Crippen molar-refractivity contribution in [2.24, 2.45) is 0 Å². The molecular formula is C46H72N5O5SSi. The lowest BCUT2D eigenvalue weighted by Crippen LogP contribution is -2.55. The predicted octanol–water partition coefficient (Wildman–Crippen LogP) is 7.01. The summed E-state index contributed by atoms with van der Waals surface area (Å²) in [5.74, 6) is 0.691. The molecule has 6 rings (SSSR count). The number of unbranched alkanes of at least 4 members (excludes halogenated alkanes) is 11. The number of hydrogen-bond acceptors (Lipinski definition) is 10. The van der Waals surface area contributed by atoms with Crippen LogP contribution in [0.5, 0.6) is 5.75 Å². The molecule has 321 valence electrons. The summed E-state index contributed by atoms with van der Waals surface area (Å²) in [5.41, 5.74) is 1.45. The largest absolute Gasteiger partial charge is 0.494 e. The van der Waals surface area contributed by atoms with Gasteiger partial charge in [-0.2, -0.15) is 0 Å². The first kappa shape index (κ1) is 45.0. The monoisotopic (exact) mass is 835 g/mol. The number of piperidine rings is 2. The van der Waals surface area contributed by atoms with Crippen LogP contribution in [0.25, 0.3) is 10.9 Å². The second kappa shape index (κ2) is 22.9. The van der Waals surface area contributed by atoms with E-state index >= 15 is 0 Å². The molecule has 0 aliphatic carbocycles. The lowest BCUT2D eigenvalue weighted by Gasteiger charge is -2.46. The second-order valence-corrected chi connectivity index (χ2v) is 20.8. The van der Waals surface area contributed by atoms with E-state index in [1.165, 1.54) is 77.0 Å². The quantitative estimate of drug-likeness (QED) is 0.0811. The standard InChI is InChI=1S/C46H72N5O5SSi/c1-3-4-5-6-7-8-9-10-11-12-13-14-35-56-40-15-17-41(18-16-40)57(53,54)45-37-47-44-20-19-42(58(2)55)36-43(44)46(45)51-27-23-38(24-28-51)49-25-21-39(22-26-49)50-31-29-48(30-32-50)33-34-52/h15-20,36-39,52,55H,3-14,21-35H2,1-2H3. The number of β-amino-alcohol motifs (C(OH)–C–C–N with tert-alkyl or cyclic N) is 1. The van der Waals surface area contributed by atoms with Crippen LogP contribution >= 0.6 is 0 Å². The number of rotatable bonds is 22. The van der Waals surface area contributed by atoms with E-state index in [9.17, 15) is 18.3 Å². The van der Waals surface area contributed by atoms with Crippen LogP contribution in [0.4, 0.5) is 5.69 Å². The molecule has 3 fully saturated rings. The number of sulfone groups is 1. The van der Waals surface area contributed by atoms with Crippen molar-refractivity contribution in [1.82, 2.24) is 19.7 Å². The highest BCUT2D eigenvalue weighted by atomic mass is 32.2. The molecule has 0 atom stereocenters. The fraction of sp³-hybridized carbons (Fsp3) is 0.674. The molecule has 0 unspecified atom stereocenters. The van der Waals surface area contributed by atoms with Crippen LogP contribution in [0.1, 0.15) is 110 Å². The predicted molar refractivity (Wildman–Crippen MR) is 239 cm³/mol. The van der Waals surface area contributed by atoms with Gasteiger partial charge < -0.3 is 24.4 Å². The van der Waals surface area contributed by atoms with E-state index in [4.69, 9.17) is 4.74 Å². The number of pyridine rings is 1. The van der Waals surface area contributed by atoms with Crippen molar-refractivity contribution >= 4 is 40.7 Å². The third-order valence-corrected chi connectivity index (χ3v) is 16.0. The van der Waals surface area contributed by atoms with Gasteiger partial charge in [-0.1, -0.05) is 83.6 Å². The number of anilines is 1. The normalized spacial score (nSPS) is 18.5. The maximum absolute atomic E-state index is 14.5. The highest BCUT2D eigenvalue weighted by Gasteiger charge is 2.34. The van der Waals surface area contributed by atoms with Gasteiger partial charge in [-0.05, 0) is 93.3 Å². The van der Waals surface area contributed by atoms with Crippen molar-refractivity contribution in [1.29, 1.82) is 0 Å². The summed E-state index contributed by atoms with van der Waals surface area (Å²) in [4.78, 5) is 25.7. The summed E-state index contributed by atoms with van der Waals surface area (Å²) in [6.07, 6.45) is 21.4. The van der Waals surface area contributed by atoms with E-state index in [1.54, 1.807) is 30.5 Å². The molecule has 2 N–H and O–H groups in total. The summed E-state index contributed by atoms with van der Waals surface area (Å²) < 4.78 is 35.0. The summed E-state index contributed by atoms with van der Waals surface area (Å²) >= 11 is 0. The minimum atomic E-state index is -3.91. The lowest BCUT2D eigenvalue weighted by atomic mass is 9.96. The van der Waals surface area contributed by atoms with Crippen LogP contribution in [-0.2, 0) is 9.84 Å². The van der Waals surface area contributed by atoms with Crippen LogP contribution in [0, 0.1) is 0 Å². The Labute approximate surface area is 351 Å². The van der Waals surface area contributed by atoms with Gasteiger partial charge >= 0.3 is 0 Å². The Morgan fingerprint density at radius 2 is 1.31 bits per heavy atom. The van der Waals surface area contributed by atoms with Gasteiger partial charge in [0.15, 0.2) is 0 Å². The van der Waals surface area contributed by atoms with E-state index < -0.39 is 18.9 Å². The number of hydrogen-bond donors (Lipinski definition) is 2. The third-order valence-electron chi connectivity index (χ3n) is 13.0. The van der Waals surface area contributed by atoms with Gasteiger partial charge in [0.25, 0.3) is 0 Å². The Morgan fingerprint density at radius 1 is 0.741 bits per heavy atom. The molecule has 1 aromatic heterocycles. The van der Waals surface area contributed by atoms with Gasteiger partial charge in [-0.15, -0.1) is 0 Å². The van der Waals surface area contributed by atoms with E-state index in [0.29, 0.717) is 30.1 Å². The van der Waals surface area contributed by atoms with Crippen LogP contribution in [0.2, 0.25) is 6.55 Å². The first-order valence-corrected chi connectivity index (χ1v) is 26.2. The third kappa shape index (κ3) is 12.3. The number of benzene rings is 2. The van der Waals surface area contributed by atoms with Crippen molar-refractivity contribution in [3.05, 3.63) is 48.7 Å². The van der Waals surface area contributed by atoms with Crippen molar-refractivity contribution < 1.29 is 23.1 Å². The van der Waals surface area contributed by atoms with E-state index in [0.717, 1.165) is 101 Å². The number of nitrogens with zero attached hydrogens (tertiary/aromatic N) is 5. The fourth-order valence-electron chi connectivity index (χ4n) is 9.45. The van der Waals surface area contributed by atoms with Crippen molar-refractivity contribution in [3.8, 4) is 5.75 Å². The molecule has 12 heteroatoms. The van der Waals surface area contributed by atoms with E-state index in [1.807, 2.05) is 24.7 Å². The Bertz CT molecular complexity index is 1770.